The molecule has 3 aromatic rings. The second-order valence-corrected chi connectivity index (χ2v) is 6.99. The summed E-state index contributed by atoms with van der Waals surface area (Å²) >= 11 is 0. The van der Waals surface area contributed by atoms with Crippen LogP contribution >= 0.6 is 0 Å². The van der Waals surface area contributed by atoms with E-state index in [-0.39, 0.29) is 11.9 Å². The molecule has 0 spiro atoms. The zero-order chi connectivity index (χ0) is 19.3. The van der Waals surface area contributed by atoms with Gasteiger partial charge >= 0.3 is 0 Å². The first-order valence-electron chi connectivity index (χ1n) is 9.84. The minimum atomic E-state index is -0.0659. The van der Waals surface area contributed by atoms with E-state index in [1.165, 1.54) is 0 Å². The summed E-state index contributed by atoms with van der Waals surface area (Å²) in [5.74, 6) is 0.767. The summed E-state index contributed by atoms with van der Waals surface area (Å²) < 4.78 is 5.45. The number of carbonyl (C=O) groups excluding carboxylic acids is 1. The number of fused-ring (bicyclic) bond motifs is 1. The van der Waals surface area contributed by atoms with E-state index in [1.54, 1.807) is 0 Å². The second kappa shape index (κ2) is 8.40. The molecular formula is C23H25N3O2. The number of aromatic nitrogens is 1. The highest BCUT2D eigenvalue weighted by Gasteiger charge is 2.20. The molecule has 4 rings (SSSR count). The number of morpholine rings is 1. The van der Waals surface area contributed by atoms with Crippen molar-refractivity contribution in [2.75, 3.05) is 31.2 Å². The third-order valence-corrected chi connectivity index (χ3v) is 5.20. The van der Waals surface area contributed by atoms with Gasteiger partial charge in [0.15, 0.2) is 0 Å². The number of carbonyl (C=O) groups is 1. The fourth-order valence-corrected chi connectivity index (χ4v) is 3.65. The number of ether oxygens (including phenoxy) is 1. The summed E-state index contributed by atoms with van der Waals surface area (Å²) in [5.41, 5.74) is 2.62. The summed E-state index contributed by atoms with van der Waals surface area (Å²) in [5, 5.41) is 4.09. The first-order valence-corrected chi connectivity index (χ1v) is 9.84. The van der Waals surface area contributed by atoms with Crippen LogP contribution in [0.5, 0.6) is 0 Å². The molecular weight excluding hydrogens is 350 g/mol. The Kier molecular flexibility index (Phi) is 5.53. The Morgan fingerprint density at radius 3 is 2.57 bits per heavy atom. The lowest BCUT2D eigenvalue weighted by Crippen LogP contribution is -2.37. The fourth-order valence-electron chi connectivity index (χ4n) is 3.65. The van der Waals surface area contributed by atoms with E-state index in [0.717, 1.165) is 41.8 Å². The van der Waals surface area contributed by atoms with Gasteiger partial charge in [-0.15, -0.1) is 0 Å². The zero-order valence-electron chi connectivity index (χ0n) is 16.1. The van der Waals surface area contributed by atoms with Gasteiger partial charge in [-0.3, -0.25) is 4.79 Å². The first kappa shape index (κ1) is 18.4. The molecule has 0 radical (unpaired) electrons. The molecule has 2 heterocycles. The van der Waals surface area contributed by atoms with Gasteiger partial charge in [-0.05, 0) is 24.1 Å². The molecule has 1 unspecified atom stereocenters. The van der Waals surface area contributed by atoms with E-state index in [4.69, 9.17) is 9.72 Å². The normalized spacial score (nSPS) is 15.4. The molecule has 1 aliphatic rings. The van der Waals surface area contributed by atoms with Gasteiger partial charge in [-0.1, -0.05) is 55.5 Å². The van der Waals surface area contributed by atoms with E-state index in [0.29, 0.717) is 18.8 Å². The molecule has 1 amide bonds. The summed E-state index contributed by atoms with van der Waals surface area (Å²) in [4.78, 5) is 20.2. The quantitative estimate of drug-likeness (QED) is 0.734. The predicted octanol–water partition coefficient (Wildman–Crippen LogP) is 3.95. The predicted molar refractivity (Wildman–Crippen MR) is 112 cm³/mol. The van der Waals surface area contributed by atoms with Gasteiger partial charge in [0.05, 0.1) is 30.3 Å². The van der Waals surface area contributed by atoms with Crippen molar-refractivity contribution in [3.05, 3.63) is 71.8 Å². The van der Waals surface area contributed by atoms with Crippen molar-refractivity contribution >= 4 is 22.6 Å². The Balaban J connectivity index is 1.68. The maximum Gasteiger partial charge on any atom is 0.252 e. The molecule has 28 heavy (non-hydrogen) atoms. The number of rotatable bonds is 5. The molecule has 144 valence electrons. The van der Waals surface area contributed by atoms with Crippen LogP contribution in [0.1, 0.15) is 35.3 Å². The van der Waals surface area contributed by atoms with Crippen molar-refractivity contribution in [3.8, 4) is 0 Å². The molecule has 0 aliphatic carbocycles. The number of amides is 1. The lowest BCUT2D eigenvalue weighted by molar-refractivity contribution is 0.0937. The van der Waals surface area contributed by atoms with Crippen LogP contribution in [-0.4, -0.2) is 37.2 Å². The van der Waals surface area contributed by atoms with E-state index >= 15 is 0 Å². The van der Waals surface area contributed by atoms with Crippen molar-refractivity contribution in [3.63, 3.8) is 0 Å². The lowest BCUT2D eigenvalue weighted by Gasteiger charge is -2.28. The van der Waals surface area contributed by atoms with Gasteiger partial charge < -0.3 is 15.0 Å². The fraction of sp³-hybridized carbons (Fsp3) is 0.304. The standard InChI is InChI=1S/C23H25N3O2/c1-2-20(17-8-4-3-5-9-17)25-23(27)19-16-22(26-12-14-28-15-13-26)24-21-11-7-6-10-18(19)21/h3-11,16,20H,2,12-15H2,1H3,(H,25,27). The van der Waals surface area contributed by atoms with E-state index in [1.807, 2.05) is 48.5 Å². The number of pyridine rings is 1. The van der Waals surface area contributed by atoms with Gasteiger partial charge in [0.1, 0.15) is 5.82 Å². The number of nitrogens with zero attached hydrogens (tertiary/aromatic N) is 2. The Hall–Kier alpha value is -2.92. The zero-order valence-corrected chi connectivity index (χ0v) is 16.1. The molecule has 1 aromatic heterocycles. The van der Waals surface area contributed by atoms with E-state index in [2.05, 4.69) is 29.3 Å². The van der Waals surface area contributed by atoms with Gasteiger partial charge in [0.2, 0.25) is 0 Å². The van der Waals surface area contributed by atoms with Crippen molar-refractivity contribution < 1.29 is 9.53 Å². The Bertz CT molecular complexity index is 952. The van der Waals surface area contributed by atoms with Crippen LogP contribution in [-0.2, 0) is 4.74 Å². The summed E-state index contributed by atoms with van der Waals surface area (Å²) in [6, 6.07) is 19.8. The molecule has 0 saturated carbocycles. The second-order valence-electron chi connectivity index (χ2n) is 6.99. The number of hydrogen-bond acceptors (Lipinski definition) is 4. The average Bonchev–Trinajstić information content (AvgIpc) is 2.77. The number of para-hydroxylation sites is 1. The van der Waals surface area contributed by atoms with Crippen LogP contribution < -0.4 is 10.2 Å². The maximum absolute atomic E-state index is 13.3. The molecule has 1 saturated heterocycles. The smallest absolute Gasteiger partial charge is 0.252 e. The highest BCUT2D eigenvalue weighted by atomic mass is 16.5. The first-order chi connectivity index (χ1) is 13.8. The third kappa shape index (κ3) is 3.85. The van der Waals surface area contributed by atoms with Crippen LogP contribution in [0.2, 0.25) is 0 Å². The molecule has 1 atom stereocenters. The minimum absolute atomic E-state index is 0.0209. The molecule has 0 bridgehead atoms. The van der Waals surface area contributed by atoms with Crippen LogP contribution in [0.3, 0.4) is 0 Å². The highest BCUT2D eigenvalue weighted by molar-refractivity contribution is 6.07. The Morgan fingerprint density at radius 2 is 1.82 bits per heavy atom. The van der Waals surface area contributed by atoms with Crippen molar-refractivity contribution in [2.45, 2.75) is 19.4 Å². The molecule has 1 aliphatic heterocycles. The van der Waals surface area contributed by atoms with Gasteiger partial charge in [-0.25, -0.2) is 4.98 Å². The van der Waals surface area contributed by atoms with Crippen LogP contribution in [0.25, 0.3) is 10.9 Å². The Labute approximate surface area is 165 Å². The molecule has 1 N–H and O–H groups in total. The molecule has 2 aromatic carbocycles. The lowest BCUT2D eigenvalue weighted by atomic mass is 10.0. The number of anilines is 1. The molecule has 5 heteroatoms. The van der Waals surface area contributed by atoms with Crippen LogP contribution in [0.4, 0.5) is 5.82 Å². The summed E-state index contributed by atoms with van der Waals surface area (Å²) in [6.45, 7) is 5.02. The minimum Gasteiger partial charge on any atom is -0.378 e. The largest absolute Gasteiger partial charge is 0.378 e. The van der Waals surface area contributed by atoms with Crippen molar-refractivity contribution in [1.82, 2.24) is 10.3 Å². The van der Waals surface area contributed by atoms with Gasteiger partial charge in [0.25, 0.3) is 5.91 Å². The molecule has 5 nitrogen and oxygen atoms in total. The molecule has 1 fully saturated rings. The van der Waals surface area contributed by atoms with Crippen LogP contribution in [0.15, 0.2) is 60.7 Å². The van der Waals surface area contributed by atoms with Gasteiger partial charge in [0, 0.05) is 18.5 Å². The third-order valence-electron chi connectivity index (χ3n) is 5.20. The van der Waals surface area contributed by atoms with Gasteiger partial charge in [-0.2, -0.15) is 0 Å². The highest BCUT2D eigenvalue weighted by Crippen LogP contribution is 2.25. The monoisotopic (exact) mass is 375 g/mol. The maximum atomic E-state index is 13.3. The number of benzene rings is 2. The van der Waals surface area contributed by atoms with Crippen LogP contribution in [0, 0.1) is 0 Å². The van der Waals surface area contributed by atoms with Crippen molar-refractivity contribution in [2.24, 2.45) is 0 Å². The number of nitrogens with one attached hydrogen (secondary N) is 1. The Morgan fingerprint density at radius 1 is 1.11 bits per heavy atom. The van der Waals surface area contributed by atoms with Crippen molar-refractivity contribution in [1.29, 1.82) is 0 Å². The SMILES string of the molecule is CCC(NC(=O)c1cc(N2CCOCC2)nc2ccccc12)c1ccccc1. The summed E-state index contributed by atoms with van der Waals surface area (Å²) in [7, 11) is 0. The van der Waals surface area contributed by atoms with E-state index < -0.39 is 0 Å². The number of hydrogen-bond donors (Lipinski definition) is 1. The summed E-state index contributed by atoms with van der Waals surface area (Å²) in [6.07, 6.45) is 0.828. The average molecular weight is 375 g/mol. The van der Waals surface area contributed by atoms with E-state index in [9.17, 15) is 4.79 Å². The topological polar surface area (TPSA) is 54.5 Å².